The van der Waals surface area contributed by atoms with Gasteiger partial charge in [-0.3, -0.25) is 0 Å². The molecule has 0 unspecified atom stereocenters. The van der Waals surface area contributed by atoms with Crippen LogP contribution >= 0.6 is 0 Å². The van der Waals surface area contributed by atoms with Crippen molar-refractivity contribution in [2.45, 2.75) is 31.8 Å². The number of hydrogen-bond acceptors (Lipinski definition) is 3. The van der Waals surface area contributed by atoms with Crippen LogP contribution in [0.1, 0.15) is 22.3 Å². The third kappa shape index (κ3) is 3.69. The van der Waals surface area contributed by atoms with Gasteiger partial charge in [-0.15, -0.1) is 0 Å². The molecular formula is C16H20N2O2S. The van der Waals surface area contributed by atoms with Crippen LogP contribution in [0.2, 0.25) is 0 Å². The van der Waals surface area contributed by atoms with E-state index in [1.54, 1.807) is 12.1 Å². The molecule has 112 valence electrons. The molecule has 0 saturated carbocycles. The highest BCUT2D eigenvalue weighted by atomic mass is 32.2. The summed E-state index contributed by atoms with van der Waals surface area (Å²) in [6.07, 6.45) is 0. The molecule has 2 rings (SSSR count). The van der Waals surface area contributed by atoms with Crippen molar-refractivity contribution in [3.05, 3.63) is 64.7 Å². The lowest BCUT2D eigenvalue weighted by atomic mass is 10.1. The first kappa shape index (κ1) is 15.7. The molecule has 0 aromatic heterocycles. The lowest BCUT2D eigenvalue weighted by molar-refractivity contribution is 0.581. The van der Waals surface area contributed by atoms with Gasteiger partial charge in [0.1, 0.15) is 0 Å². The van der Waals surface area contributed by atoms with Crippen molar-refractivity contribution in [1.29, 1.82) is 0 Å². The van der Waals surface area contributed by atoms with E-state index < -0.39 is 10.0 Å². The lowest BCUT2D eigenvalue weighted by Crippen LogP contribution is -2.24. The first-order chi connectivity index (χ1) is 9.94. The Bertz CT molecular complexity index is 740. The van der Waals surface area contributed by atoms with Crippen LogP contribution in [0.25, 0.3) is 0 Å². The maximum atomic E-state index is 12.3. The van der Waals surface area contributed by atoms with Gasteiger partial charge in [0.05, 0.1) is 4.90 Å². The quantitative estimate of drug-likeness (QED) is 0.890. The summed E-state index contributed by atoms with van der Waals surface area (Å²) in [5.41, 5.74) is 9.53. The summed E-state index contributed by atoms with van der Waals surface area (Å²) < 4.78 is 27.3. The molecule has 5 heteroatoms. The predicted molar refractivity (Wildman–Crippen MR) is 84.3 cm³/mol. The molecule has 21 heavy (non-hydrogen) atoms. The van der Waals surface area contributed by atoms with E-state index in [9.17, 15) is 8.42 Å². The Balaban J connectivity index is 2.20. The van der Waals surface area contributed by atoms with Gasteiger partial charge in [0.25, 0.3) is 0 Å². The van der Waals surface area contributed by atoms with Gasteiger partial charge in [-0.1, -0.05) is 30.3 Å². The maximum absolute atomic E-state index is 12.3. The minimum absolute atomic E-state index is 0.239. The monoisotopic (exact) mass is 304 g/mol. The van der Waals surface area contributed by atoms with Crippen molar-refractivity contribution >= 4 is 10.0 Å². The number of sulfonamides is 1. The van der Waals surface area contributed by atoms with Gasteiger partial charge in [0.15, 0.2) is 0 Å². The van der Waals surface area contributed by atoms with Crippen molar-refractivity contribution in [2.75, 3.05) is 0 Å². The smallest absolute Gasteiger partial charge is 0.240 e. The molecule has 0 heterocycles. The highest BCUT2D eigenvalue weighted by Gasteiger charge is 2.14. The molecular weight excluding hydrogens is 284 g/mol. The van der Waals surface area contributed by atoms with Crippen molar-refractivity contribution in [2.24, 2.45) is 5.73 Å². The van der Waals surface area contributed by atoms with E-state index in [-0.39, 0.29) is 11.4 Å². The van der Waals surface area contributed by atoms with E-state index in [2.05, 4.69) is 4.72 Å². The molecule has 0 saturated heterocycles. The van der Waals surface area contributed by atoms with Crippen LogP contribution in [0, 0.1) is 13.8 Å². The molecule has 2 aromatic carbocycles. The lowest BCUT2D eigenvalue weighted by Gasteiger charge is -2.11. The molecule has 0 aliphatic carbocycles. The largest absolute Gasteiger partial charge is 0.326 e. The van der Waals surface area contributed by atoms with Gasteiger partial charge in [-0.25, -0.2) is 13.1 Å². The van der Waals surface area contributed by atoms with Crippen LogP contribution in [-0.2, 0) is 23.1 Å². The average molecular weight is 304 g/mol. The first-order valence-electron chi connectivity index (χ1n) is 6.78. The van der Waals surface area contributed by atoms with Crippen LogP contribution in [0.15, 0.2) is 47.4 Å². The normalized spacial score (nSPS) is 11.6. The summed E-state index contributed by atoms with van der Waals surface area (Å²) in [5.74, 6) is 0. The Hall–Kier alpha value is -1.69. The molecule has 0 aliphatic rings. The second-order valence-corrected chi connectivity index (χ2v) is 6.81. The third-order valence-electron chi connectivity index (χ3n) is 3.58. The van der Waals surface area contributed by atoms with Crippen LogP contribution in [0.4, 0.5) is 0 Å². The Morgan fingerprint density at radius 2 is 1.67 bits per heavy atom. The number of nitrogens with one attached hydrogen (secondary N) is 1. The van der Waals surface area contributed by atoms with Gasteiger partial charge >= 0.3 is 0 Å². The average Bonchev–Trinajstić information content (AvgIpc) is 2.48. The van der Waals surface area contributed by atoms with E-state index in [1.165, 1.54) is 0 Å². The molecule has 0 amide bonds. The number of rotatable bonds is 5. The zero-order valence-corrected chi connectivity index (χ0v) is 13.1. The Labute approximate surface area is 126 Å². The predicted octanol–water partition coefficient (Wildman–Crippen LogP) is 2.24. The highest BCUT2D eigenvalue weighted by molar-refractivity contribution is 7.89. The topological polar surface area (TPSA) is 72.2 Å². The summed E-state index contributed by atoms with van der Waals surface area (Å²) in [5, 5.41) is 0. The SMILES string of the molecule is Cc1ccc(S(=O)(=O)NCc2ccccc2CN)cc1C. The second kappa shape index (κ2) is 6.39. The molecule has 0 radical (unpaired) electrons. The van der Waals surface area contributed by atoms with Crippen LogP contribution in [0.5, 0.6) is 0 Å². The highest BCUT2D eigenvalue weighted by Crippen LogP contribution is 2.15. The van der Waals surface area contributed by atoms with Crippen molar-refractivity contribution in [3.63, 3.8) is 0 Å². The first-order valence-corrected chi connectivity index (χ1v) is 8.26. The number of hydrogen-bond donors (Lipinski definition) is 2. The van der Waals surface area contributed by atoms with Crippen molar-refractivity contribution in [3.8, 4) is 0 Å². The molecule has 0 atom stereocenters. The van der Waals surface area contributed by atoms with Crippen LogP contribution < -0.4 is 10.5 Å². The van der Waals surface area contributed by atoms with Crippen molar-refractivity contribution in [1.82, 2.24) is 4.72 Å². The number of aryl methyl sites for hydroxylation is 2. The van der Waals surface area contributed by atoms with Crippen molar-refractivity contribution < 1.29 is 8.42 Å². The fraction of sp³-hybridized carbons (Fsp3) is 0.250. The third-order valence-corrected chi connectivity index (χ3v) is 4.98. The minimum atomic E-state index is -3.51. The summed E-state index contributed by atoms with van der Waals surface area (Å²) in [6.45, 7) is 4.49. The zero-order valence-electron chi connectivity index (χ0n) is 12.3. The maximum Gasteiger partial charge on any atom is 0.240 e. The molecule has 0 bridgehead atoms. The Kier molecular flexibility index (Phi) is 4.77. The van der Waals surface area contributed by atoms with E-state index in [4.69, 9.17) is 5.73 Å². The van der Waals surface area contributed by atoms with E-state index in [1.807, 2.05) is 44.2 Å². The summed E-state index contributed by atoms with van der Waals surface area (Å²) in [6, 6.07) is 12.7. The van der Waals surface area contributed by atoms with Gasteiger partial charge < -0.3 is 5.73 Å². The van der Waals surface area contributed by atoms with Gasteiger partial charge in [0.2, 0.25) is 10.0 Å². The molecule has 0 spiro atoms. The van der Waals surface area contributed by atoms with E-state index >= 15 is 0 Å². The molecule has 4 nitrogen and oxygen atoms in total. The molecule has 0 fully saturated rings. The summed E-state index contributed by atoms with van der Waals surface area (Å²) in [7, 11) is -3.51. The van der Waals surface area contributed by atoms with Gasteiger partial charge in [0, 0.05) is 13.1 Å². The number of nitrogens with two attached hydrogens (primary N) is 1. The standard InChI is InChI=1S/C16H20N2O2S/c1-12-7-8-16(9-13(12)2)21(19,20)18-11-15-6-4-3-5-14(15)10-17/h3-9,18H,10-11,17H2,1-2H3. The Morgan fingerprint density at radius 3 is 2.29 bits per heavy atom. The molecule has 2 aromatic rings. The van der Waals surface area contributed by atoms with Crippen LogP contribution in [-0.4, -0.2) is 8.42 Å². The van der Waals surface area contributed by atoms with Gasteiger partial charge in [-0.2, -0.15) is 0 Å². The van der Waals surface area contributed by atoms with Crippen LogP contribution in [0.3, 0.4) is 0 Å². The fourth-order valence-electron chi connectivity index (χ4n) is 2.07. The zero-order chi connectivity index (χ0) is 15.5. The minimum Gasteiger partial charge on any atom is -0.326 e. The van der Waals surface area contributed by atoms with E-state index in [0.717, 1.165) is 22.3 Å². The second-order valence-electron chi connectivity index (χ2n) is 5.04. The Morgan fingerprint density at radius 1 is 1.00 bits per heavy atom. The molecule has 3 N–H and O–H groups in total. The summed E-state index contributed by atoms with van der Waals surface area (Å²) >= 11 is 0. The number of benzene rings is 2. The summed E-state index contributed by atoms with van der Waals surface area (Å²) in [4.78, 5) is 0.288. The van der Waals surface area contributed by atoms with Gasteiger partial charge in [-0.05, 0) is 48.2 Å². The fourth-order valence-corrected chi connectivity index (χ4v) is 3.16. The molecule has 0 aliphatic heterocycles. The van der Waals surface area contributed by atoms with E-state index in [0.29, 0.717) is 6.54 Å².